The number of imidazole rings is 2. The zero-order valence-electron chi connectivity index (χ0n) is 38.8. The van der Waals surface area contributed by atoms with Crippen molar-refractivity contribution < 1.29 is 33.4 Å². The van der Waals surface area contributed by atoms with E-state index in [1.165, 1.54) is 0 Å². The number of ether oxygens (including phenoxy) is 2. The minimum atomic E-state index is -0.628. The number of carbonyl (C=O) groups is 5. The number of anilines is 5. The van der Waals surface area contributed by atoms with Crippen molar-refractivity contribution in [1.29, 1.82) is 0 Å². The number of nitrogens with zero attached hydrogens (tertiary/aromatic N) is 5. The second-order valence-corrected chi connectivity index (χ2v) is 17.3. The molecule has 7 aromatic rings. The molecule has 346 valence electrons. The number of para-hydroxylation sites is 2. The van der Waals surface area contributed by atoms with Gasteiger partial charge >= 0.3 is 12.2 Å². The molecule has 5 amide bonds. The van der Waals surface area contributed by atoms with Gasteiger partial charge in [-0.05, 0) is 96.1 Å². The Morgan fingerprint density at radius 3 is 1.19 bits per heavy atom. The quantitative estimate of drug-likeness (QED) is 0.0885. The summed E-state index contributed by atoms with van der Waals surface area (Å²) in [6, 6.07) is 34.3. The van der Waals surface area contributed by atoms with Crippen LogP contribution in [-0.2, 0) is 30.6 Å². The highest BCUT2D eigenvalue weighted by Crippen LogP contribution is 2.24. The summed E-state index contributed by atoms with van der Waals surface area (Å²) in [4.78, 5) is 70.9. The van der Waals surface area contributed by atoms with E-state index in [0.717, 1.165) is 11.1 Å². The Bertz CT molecular complexity index is 2850. The normalized spacial score (nSPS) is 11.1. The van der Waals surface area contributed by atoms with Crippen LogP contribution in [0.25, 0.3) is 22.5 Å². The topological polar surface area (TPSA) is 205 Å². The first-order chi connectivity index (χ1) is 31.7. The van der Waals surface area contributed by atoms with Crippen LogP contribution in [0.2, 0.25) is 0 Å². The molecule has 0 radical (unpaired) electrons. The third-order valence-electron chi connectivity index (χ3n) is 9.37. The first-order valence-corrected chi connectivity index (χ1v) is 21.2. The standard InChI is InChI=1S/C28H30N6O4.C22H24N4O3/c1-28(2,3)38-27(37)31-21-15-23(33(4)16-21)25(35)29-20-13-11-18(12-14-20)22-17-34(5)24(32-22)26(36)30-19-9-7-6-8-10-19;1-22(2,3)29-21(28)24-17-12-10-15(11-13-17)18-14-26(4)19(25-18)20(27)23-16-8-6-5-7-9-16/h6-17H,1-5H3,(H,29,35)(H,30,36)(H,31,37);5-14H,1-4H3,(H,23,27)(H,24,28). The number of aromatic nitrogens is 5. The molecular weight excluding hydrogens is 853 g/mol. The third-order valence-corrected chi connectivity index (χ3v) is 9.37. The van der Waals surface area contributed by atoms with E-state index in [1.54, 1.807) is 105 Å². The van der Waals surface area contributed by atoms with Gasteiger partial charge in [0.05, 0.1) is 17.1 Å². The molecule has 0 aliphatic carbocycles. The van der Waals surface area contributed by atoms with Crippen molar-refractivity contribution in [2.24, 2.45) is 21.1 Å². The van der Waals surface area contributed by atoms with Crippen molar-refractivity contribution in [3.8, 4) is 22.5 Å². The third kappa shape index (κ3) is 13.8. The molecule has 0 unspecified atom stereocenters. The molecule has 0 saturated heterocycles. The van der Waals surface area contributed by atoms with Gasteiger partial charge in [0.25, 0.3) is 17.7 Å². The van der Waals surface area contributed by atoms with E-state index in [1.807, 2.05) is 106 Å². The summed E-state index contributed by atoms with van der Waals surface area (Å²) >= 11 is 0. The minimum absolute atomic E-state index is 0.278. The number of nitrogens with one attached hydrogen (secondary N) is 5. The molecule has 67 heavy (non-hydrogen) atoms. The Morgan fingerprint density at radius 1 is 0.433 bits per heavy atom. The van der Waals surface area contributed by atoms with Gasteiger partial charge in [0.1, 0.15) is 16.9 Å². The maximum absolute atomic E-state index is 12.9. The average molecular weight is 907 g/mol. The van der Waals surface area contributed by atoms with Crippen LogP contribution in [0.1, 0.15) is 73.3 Å². The summed E-state index contributed by atoms with van der Waals surface area (Å²) in [6.45, 7) is 10.7. The molecule has 0 aliphatic heterocycles. The van der Waals surface area contributed by atoms with Crippen molar-refractivity contribution >= 4 is 58.3 Å². The van der Waals surface area contributed by atoms with Crippen LogP contribution in [0.15, 0.2) is 134 Å². The lowest BCUT2D eigenvalue weighted by Gasteiger charge is -2.19. The van der Waals surface area contributed by atoms with Crippen LogP contribution < -0.4 is 26.6 Å². The van der Waals surface area contributed by atoms with Crippen LogP contribution in [0, 0.1) is 0 Å². The van der Waals surface area contributed by atoms with Gasteiger partial charge in [-0.1, -0.05) is 60.7 Å². The number of rotatable bonds is 10. The van der Waals surface area contributed by atoms with E-state index in [0.29, 0.717) is 51.3 Å². The van der Waals surface area contributed by atoms with Crippen molar-refractivity contribution in [3.63, 3.8) is 0 Å². The Kier molecular flexibility index (Phi) is 14.7. The lowest BCUT2D eigenvalue weighted by molar-refractivity contribution is 0.0624. The SMILES string of the molecule is Cn1cc(-c2ccc(NC(=O)OC(C)(C)C)cc2)nc1C(=O)Nc1ccccc1.Cn1cc(NC(=O)OC(C)(C)C)cc1C(=O)Nc1ccc(-c2cn(C)c(C(=O)Nc3ccccc3)n2)cc1. The summed E-state index contributed by atoms with van der Waals surface area (Å²) < 4.78 is 15.5. The van der Waals surface area contributed by atoms with Gasteiger partial charge in [-0.2, -0.15) is 0 Å². The summed E-state index contributed by atoms with van der Waals surface area (Å²) in [5.74, 6) is -0.346. The Balaban J connectivity index is 0.000000229. The van der Waals surface area contributed by atoms with Crippen molar-refractivity contribution in [2.45, 2.75) is 52.7 Å². The Labute approximate surface area is 388 Å². The van der Waals surface area contributed by atoms with Crippen molar-refractivity contribution in [2.75, 3.05) is 26.6 Å². The van der Waals surface area contributed by atoms with Crippen LogP contribution in [-0.4, -0.2) is 64.8 Å². The molecule has 7 rings (SSSR count). The molecule has 17 nitrogen and oxygen atoms in total. The van der Waals surface area contributed by atoms with Gasteiger partial charge in [-0.25, -0.2) is 19.6 Å². The van der Waals surface area contributed by atoms with E-state index < -0.39 is 23.4 Å². The summed E-state index contributed by atoms with van der Waals surface area (Å²) in [5, 5.41) is 13.8. The van der Waals surface area contributed by atoms with Gasteiger partial charge in [-0.3, -0.25) is 25.0 Å². The predicted molar refractivity (Wildman–Crippen MR) is 259 cm³/mol. The number of benzene rings is 4. The monoisotopic (exact) mass is 906 g/mol. The van der Waals surface area contributed by atoms with Crippen molar-refractivity contribution in [3.05, 3.63) is 151 Å². The molecule has 4 aromatic carbocycles. The molecule has 17 heteroatoms. The average Bonchev–Trinajstić information content (AvgIpc) is 3.96. The Morgan fingerprint density at radius 2 is 0.791 bits per heavy atom. The van der Waals surface area contributed by atoms with E-state index >= 15 is 0 Å². The maximum Gasteiger partial charge on any atom is 0.412 e. The summed E-state index contributed by atoms with van der Waals surface area (Å²) in [7, 11) is 5.25. The van der Waals surface area contributed by atoms with Gasteiger partial charge in [0.2, 0.25) is 0 Å². The molecule has 5 N–H and O–H groups in total. The fraction of sp³-hybridized carbons (Fsp3) is 0.220. The predicted octanol–water partition coefficient (Wildman–Crippen LogP) is 9.96. The van der Waals surface area contributed by atoms with Crippen LogP contribution in [0.4, 0.5) is 38.0 Å². The molecule has 0 aliphatic rings. The molecule has 0 atom stereocenters. The number of hydrogen-bond donors (Lipinski definition) is 5. The lowest BCUT2D eigenvalue weighted by atomic mass is 10.1. The van der Waals surface area contributed by atoms with E-state index in [9.17, 15) is 24.0 Å². The molecule has 0 fully saturated rings. The van der Waals surface area contributed by atoms with Gasteiger partial charge in [0.15, 0.2) is 11.6 Å². The fourth-order valence-corrected chi connectivity index (χ4v) is 6.40. The first-order valence-electron chi connectivity index (χ1n) is 21.2. The van der Waals surface area contributed by atoms with Crippen LogP contribution in [0.5, 0.6) is 0 Å². The summed E-state index contributed by atoms with van der Waals surface area (Å²) in [6.07, 6.45) is 4.09. The summed E-state index contributed by atoms with van der Waals surface area (Å²) in [5.41, 5.74) is 5.12. The second kappa shape index (κ2) is 20.6. The zero-order chi connectivity index (χ0) is 48.5. The molecule has 0 bridgehead atoms. The zero-order valence-corrected chi connectivity index (χ0v) is 38.8. The van der Waals surface area contributed by atoms with Crippen molar-refractivity contribution in [1.82, 2.24) is 23.7 Å². The molecular formula is C50H54N10O7. The van der Waals surface area contributed by atoms with Gasteiger partial charge < -0.3 is 39.1 Å². The maximum atomic E-state index is 12.9. The lowest BCUT2D eigenvalue weighted by Crippen LogP contribution is -2.27. The molecule has 0 spiro atoms. The van der Waals surface area contributed by atoms with Gasteiger partial charge in [0, 0.05) is 73.6 Å². The van der Waals surface area contributed by atoms with E-state index in [-0.39, 0.29) is 23.5 Å². The first kappa shape index (κ1) is 48.0. The van der Waals surface area contributed by atoms with Crippen LogP contribution in [0.3, 0.4) is 0 Å². The molecule has 3 heterocycles. The largest absolute Gasteiger partial charge is 0.444 e. The second-order valence-electron chi connectivity index (χ2n) is 17.3. The van der Waals surface area contributed by atoms with E-state index in [4.69, 9.17) is 9.47 Å². The number of hydrogen-bond acceptors (Lipinski definition) is 9. The highest BCUT2D eigenvalue weighted by atomic mass is 16.6. The minimum Gasteiger partial charge on any atom is -0.444 e. The number of carbonyl (C=O) groups excluding carboxylic acids is 5. The number of amides is 5. The Hall–Kier alpha value is -8.47. The van der Waals surface area contributed by atoms with Gasteiger partial charge in [-0.15, -0.1) is 0 Å². The van der Waals surface area contributed by atoms with E-state index in [2.05, 4.69) is 36.6 Å². The van der Waals surface area contributed by atoms with Crippen LogP contribution >= 0.6 is 0 Å². The highest BCUT2D eigenvalue weighted by molar-refractivity contribution is 6.05. The molecule has 3 aromatic heterocycles. The fourth-order valence-electron chi connectivity index (χ4n) is 6.40. The highest BCUT2D eigenvalue weighted by Gasteiger charge is 2.21. The number of aryl methyl sites for hydroxylation is 3. The molecule has 0 saturated carbocycles. The smallest absolute Gasteiger partial charge is 0.412 e.